The first-order valence-electron chi connectivity index (χ1n) is 8.39. The number of aliphatic hydroxyl groups excluding tert-OH is 1. The number of rotatable bonds is 14. The first kappa shape index (κ1) is 19.9. The van der Waals surface area contributed by atoms with E-state index in [1.807, 2.05) is 0 Å². The Morgan fingerprint density at radius 1 is 0.952 bits per heavy atom. The summed E-state index contributed by atoms with van der Waals surface area (Å²) in [6, 6.07) is 0. The fourth-order valence-corrected chi connectivity index (χ4v) is 2.18. The van der Waals surface area contributed by atoms with Crippen LogP contribution in [0, 0.1) is 0 Å². The van der Waals surface area contributed by atoms with Crippen LogP contribution in [-0.2, 0) is 4.79 Å². The van der Waals surface area contributed by atoms with Crippen molar-refractivity contribution in [2.75, 3.05) is 0 Å². The van der Waals surface area contributed by atoms with Crippen molar-refractivity contribution in [1.82, 2.24) is 0 Å². The summed E-state index contributed by atoms with van der Waals surface area (Å²) in [7, 11) is 0. The molecule has 0 aliphatic carbocycles. The SMILES string of the molecule is CCCCCC=CCC(O)CCCCCC/C=C\C(=O)O. The van der Waals surface area contributed by atoms with Crippen molar-refractivity contribution in [1.29, 1.82) is 0 Å². The zero-order chi connectivity index (χ0) is 15.8. The molecule has 3 heteroatoms. The summed E-state index contributed by atoms with van der Waals surface area (Å²) < 4.78 is 0. The molecule has 0 radical (unpaired) electrons. The van der Waals surface area contributed by atoms with Gasteiger partial charge in [-0.1, -0.05) is 57.3 Å². The van der Waals surface area contributed by atoms with Crippen LogP contribution in [0.2, 0.25) is 0 Å². The van der Waals surface area contributed by atoms with Crippen molar-refractivity contribution in [3.05, 3.63) is 24.3 Å². The summed E-state index contributed by atoms with van der Waals surface area (Å²) in [6.07, 6.45) is 18.7. The van der Waals surface area contributed by atoms with E-state index in [1.165, 1.54) is 25.3 Å². The Labute approximate surface area is 129 Å². The van der Waals surface area contributed by atoms with Crippen molar-refractivity contribution in [2.45, 2.75) is 83.7 Å². The Hall–Kier alpha value is -1.09. The van der Waals surface area contributed by atoms with Gasteiger partial charge in [-0.2, -0.15) is 0 Å². The number of unbranched alkanes of at least 4 members (excludes halogenated alkanes) is 7. The summed E-state index contributed by atoms with van der Waals surface area (Å²) in [4.78, 5) is 10.2. The standard InChI is InChI=1S/C18H32O3/c1-2-3-4-5-8-11-14-17(19)15-12-9-6-7-10-13-16-18(20)21/h8,11,13,16-17,19H,2-7,9-10,12,14-15H2,1H3,(H,20,21)/b11-8?,16-13-. The smallest absolute Gasteiger partial charge is 0.327 e. The highest BCUT2D eigenvalue weighted by atomic mass is 16.4. The van der Waals surface area contributed by atoms with Crippen molar-refractivity contribution >= 4 is 5.97 Å². The van der Waals surface area contributed by atoms with Crippen molar-refractivity contribution in [3.8, 4) is 0 Å². The van der Waals surface area contributed by atoms with Gasteiger partial charge in [-0.25, -0.2) is 4.79 Å². The van der Waals surface area contributed by atoms with E-state index >= 15 is 0 Å². The fraction of sp³-hybridized carbons (Fsp3) is 0.722. The lowest BCUT2D eigenvalue weighted by Crippen LogP contribution is -2.04. The Kier molecular flexibility index (Phi) is 14.5. The second kappa shape index (κ2) is 15.3. The third-order valence-electron chi connectivity index (χ3n) is 3.47. The van der Waals surface area contributed by atoms with Crippen molar-refractivity contribution < 1.29 is 15.0 Å². The zero-order valence-electron chi connectivity index (χ0n) is 13.5. The maximum Gasteiger partial charge on any atom is 0.327 e. The molecular formula is C18H32O3. The molecule has 1 unspecified atom stereocenters. The van der Waals surface area contributed by atoms with E-state index in [2.05, 4.69) is 19.1 Å². The molecule has 0 fully saturated rings. The van der Waals surface area contributed by atoms with Crippen LogP contribution in [-0.4, -0.2) is 22.3 Å². The molecule has 0 spiro atoms. The van der Waals surface area contributed by atoms with E-state index in [4.69, 9.17) is 5.11 Å². The largest absolute Gasteiger partial charge is 0.478 e. The topological polar surface area (TPSA) is 57.5 Å². The summed E-state index contributed by atoms with van der Waals surface area (Å²) >= 11 is 0. The molecule has 0 saturated heterocycles. The third kappa shape index (κ3) is 16.9. The molecule has 0 rings (SSSR count). The molecule has 2 N–H and O–H groups in total. The minimum Gasteiger partial charge on any atom is -0.478 e. The predicted octanol–water partition coefficient (Wildman–Crippen LogP) is 4.86. The fourth-order valence-electron chi connectivity index (χ4n) is 2.18. The van der Waals surface area contributed by atoms with Crippen LogP contribution in [0.25, 0.3) is 0 Å². The maximum atomic E-state index is 10.2. The molecule has 0 bridgehead atoms. The molecule has 0 aromatic carbocycles. The van der Waals surface area contributed by atoms with Gasteiger partial charge in [0, 0.05) is 6.08 Å². The lowest BCUT2D eigenvalue weighted by molar-refractivity contribution is -0.131. The van der Waals surface area contributed by atoms with Crippen LogP contribution in [0.5, 0.6) is 0 Å². The molecule has 0 aliphatic rings. The van der Waals surface area contributed by atoms with Gasteiger partial charge in [-0.3, -0.25) is 0 Å². The van der Waals surface area contributed by atoms with E-state index in [0.717, 1.165) is 51.4 Å². The number of carboxylic acid groups (broad SMARTS) is 1. The lowest BCUT2D eigenvalue weighted by atomic mass is 10.1. The van der Waals surface area contributed by atoms with E-state index < -0.39 is 5.97 Å². The van der Waals surface area contributed by atoms with Gasteiger partial charge in [0.2, 0.25) is 0 Å². The van der Waals surface area contributed by atoms with Crippen LogP contribution < -0.4 is 0 Å². The minimum atomic E-state index is -0.874. The average molecular weight is 296 g/mol. The highest BCUT2D eigenvalue weighted by Gasteiger charge is 2.00. The van der Waals surface area contributed by atoms with Crippen LogP contribution in [0.15, 0.2) is 24.3 Å². The molecule has 21 heavy (non-hydrogen) atoms. The Morgan fingerprint density at radius 3 is 2.33 bits per heavy atom. The molecule has 0 heterocycles. The summed E-state index contributed by atoms with van der Waals surface area (Å²) in [5.74, 6) is -0.874. The Balaban J connectivity index is 3.33. The number of allylic oxidation sites excluding steroid dienone is 2. The quantitative estimate of drug-likeness (QED) is 0.273. The molecule has 122 valence electrons. The van der Waals surface area contributed by atoms with E-state index in [9.17, 15) is 9.90 Å². The van der Waals surface area contributed by atoms with Gasteiger partial charge in [0.25, 0.3) is 0 Å². The number of hydrogen-bond acceptors (Lipinski definition) is 2. The van der Waals surface area contributed by atoms with Crippen molar-refractivity contribution in [3.63, 3.8) is 0 Å². The van der Waals surface area contributed by atoms with Crippen molar-refractivity contribution in [2.24, 2.45) is 0 Å². The number of aliphatic hydroxyl groups is 1. The van der Waals surface area contributed by atoms with E-state index in [-0.39, 0.29) is 6.10 Å². The van der Waals surface area contributed by atoms with Crippen LogP contribution in [0.1, 0.15) is 77.6 Å². The van der Waals surface area contributed by atoms with Crippen LogP contribution >= 0.6 is 0 Å². The molecule has 3 nitrogen and oxygen atoms in total. The first-order chi connectivity index (χ1) is 10.2. The first-order valence-corrected chi connectivity index (χ1v) is 8.39. The number of hydrogen-bond donors (Lipinski definition) is 2. The van der Waals surface area contributed by atoms with Gasteiger partial charge in [0.1, 0.15) is 0 Å². The summed E-state index contributed by atoms with van der Waals surface area (Å²) in [5, 5.41) is 18.3. The monoisotopic (exact) mass is 296 g/mol. The molecule has 0 aliphatic heterocycles. The minimum absolute atomic E-state index is 0.209. The van der Waals surface area contributed by atoms with E-state index in [1.54, 1.807) is 6.08 Å². The number of aliphatic carboxylic acids is 1. The predicted molar refractivity (Wildman–Crippen MR) is 88.4 cm³/mol. The maximum absolute atomic E-state index is 10.2. The molecule has 0 aromatic rings. The Bertz CT molecular complexity index is 295. The van der Waals surface area contributed by atoms with Gasteiger partial charge < -0.3 is 10.2 Å². The lowest BCUT2D eigenvalue weighted by Gasteiger charge is -2.07. The molecule has 1 atom stereocenters. The second-order valence-corrected chi connectivity index (χ2v) is 5.59. The zero-order valence-corrected chi connectivity index (χ0v) is 13.5. The molecular weight excluding hydrogens is 264 g/mol. The van der Waals surface area contributed by atoms with Gasteiger partial charge >= 0.3 is 5.97 Å². The highest BCUT2D eigenvalue weighted by molar-refractivity contribution is 5.79. The highest BCUT2D eigenvalue weighted by Crippen LogP contribution is 2.10. The summed E-state index contributed by atoms with van der Waals surface area (Å²) in [6.45, 7) is 2.20. The van der Waals surface area contributed by atoms with Gasteiger partial charge in [-0.15, -0.1) is 0 Å². The van der Waals surface area contributed by atoms with Crippen LogP contribution in [0.3, 0.4) is 0 Å². The number of carbonyl (C=O) groups is 1. The molecule has 0 aromatic heterocycles. The third-order valence-corrected chi connectivity index (χ3v) is 3.47. The van der Waals surface area contributed by atoms with E-state index in [0.29, 0.717) is 0 Å². The normalized spacial score (nSPS) is 13.2. The Morgan fingerprint density at radius 2 is 1.62 bits per heavy atom. The van der Waals surface area contributed by atoms with Gasteiger partial charge in [0.15, 0.2) is 0 Å². The molecule has 0 amide bonds. The van der Waals surface area contributed by atoms with Gasteiger partial charge in [-0.05, 0) is 38.5 Å². The average Bonchev–Trinajstić information content (AvgIpc) is 2.45. The van der Waals surface area contributed by atoms with Gasteiger partial charge in [0.05, 0.1) is 6.10 Å². The molecule has 0 saturated carbocycles. The number of carboxylic acids is 1. The summed E-state index contributed by atoms with van der Waals surface area (Å²) in [5.41, 5.74) is 0. The second-order valence-electron chi connectivity index (χ2n) is 5.59. The van der Waals surface area contributed by atoms with Crippen LogP contribution in [0.4, 0.5) is 0 Å².